The molecule has 2 rings (SSSR count). The number of hydrogen-bond donors (Lipinski definition) is 3. The summed E-state index contributed by atoms with van der Waals surface area (Å²) in [6.07, 6.45) is 5.03. The summed E-state index contributed by atoms with van der Waals surface area (Å²) in [6, 6.07) is 7.06. The van der Waals surface area contributed by atoms with Crippen molar-refractivity contribution in [3.63, 3.8) is 0 Å². The average Bonchev–Trinajstić information content (AvgIpc) is 3.09. The molecule has 0 unspecified atom stereocenters. The SMILES string of the molecule is O=C(Cc1cccs1)N/N=C/C=C/c1ccc(NO)o1. The van der Waals surface area contributed by atoms with Gasteiger partial charge in [0.05, 0.1) is 6.42 Å². The zero-order valence-electron chi connectivity index (χ0n) is 10.4. The number of rotatable bonds is 6. The van der Waals surface area contributed by atoms with Crippen LogP contribution in [0.2, 0.25) is 0 Å². The maximum atomic E-state index is 11.5. The minimum atomic E-state index is -0.165. The molecule has 3 N–H and O–H groups in total. The molecule has 104 valence electrons. The van der Waals surface area contributed by atoms with E-state index < -0.39 is 0 Å². The molecule has 0 saturated heterocycles. The van der Waals surface area contributed by atoms with Crippen molar-refractivity contribution in [1.82, 2.24) is 5.43 Å². The molecule has 0 bridgehead atoms. The predicted molar refractivity (Wildman–Crippen MR) is 77.8 cm³/mol. The number of carbonyl (C=O) groups excluding carboxylic acids is 1. The van der Waals surface area contributed by atoms with Crippen LogP contribution in [0.3, 0.4) is 0 Å². The van der Waals surface area contributed by atoms with Gasteiger partial charge in [0.25, 0.3) is 0 Å². The van der Waals surface area contributed by atoms with Gasteiger partial charge in [-0.05, 0) is 29.7 Å². The van der Waals surface area contributed by atoms with E-state index in [1.165, 1.54) is 17.6 Å². The van der Waals surface area contributed by atoms with Crippen LogP contribution in [0, 0.1) is 0 Å². The van der Waals surface area contributed by atoms with E-state index in [2.05, 4.69) is 10.5 Å². The highest BCUT2D eigenvalue weighted by Crippen LogP contribution is 2.13. The van der Waals surface area contributed by atoms with Crippen molar-refractivity contribution in [2.75, 3.05) is 5.48 Å². The van der Waals surface area contributed by atoms with Gasteiger partial charge >= 0.3 is 0 Å². The summed E-state index contributed by atoms with van der Waals surface area (Å²) >= 11 is 1.53. The third-order valence-corrected chi connectivity index (χ3v) is 3.14. The molecule has 0 fully saturated rings. The van der Waals surface area contributed by atoms with Crippen LogP contribution in [-0.4, -0.2) is 17.3 Å². The van der Waals surface area contributed by atoms with Gasteiger partial charge in [-0.3, -0.25) is 10.0 Å². The first-order valence-corrected chi connectivity index (χ1v) is 6.67. The van der Waals surface area contributed by atoms with E-state index in [1.54, 1.807) is 24.3 Å². The fourth-order valence-electron chi connectivity index (χ4n) is 1.40. The van der Waals surface area contributed by atoms with Crippen molar-refractivity contribution in [2.24, 2.45) is 5.10 Å². The van der Waals surface area contributed by atoms with Gasteiger partial charge in [-0.25, -0.2) is 10.9 Å². The van der Waals surface area contributed by atoms with E-state index in [9.17, 15) is 4.79 Å². The number of hydrogen-bond acceptors (Lipinski definition) is 6. The molecule has 0 aliphatic rings. The molecule has 0 atom stereocenters. The van der Waals surface area contributed by atoms with Crippen LogP contribution in [0.1, 0.15) is 10.6 Å². The number of nitrogens with one attached hydrogen (secondary N) is 2. The molecule has 0 aliphatic heterocycles. The van der Waals surface area contributed by atoms with Gasteiger partial charge in [-0.1, -0.05) is 6.07 Å². The normalized spacial score (nSPS) is 11.2. The summed E-state index contributed by atoms with van der Waals surface area (Å²) < 4.78 is 5.14. The Hall–Kier alpha value is -2.38. The first-order chi connectivity index (χ1) is 9.78. The van der Waals surface area contributed by atoms with E-state index in [4.69, 9.17) is 9.62 Å². The zero-order chi connectivity index (χ0) is 14.2. The minimum Gasteiger partial charge on any atom is -0.439 e. The summed E-state index contributed by atoms with van der Waals surface area (Å²) in [5.74, 6) is 0.644. The third-order valence-electron chi connectivity index (χ3n) is 2.26. The Morgan fingerprint density at radius 1 is 1.45 bits per heavy atom. The molecule has 0 saturated carbocycles. The molecule has 0 spiro atoms. The Bertz CT molecular complexity index is 602. The molecular formula is C13H13N3O3S. The smallest absolute Gasteiger partial charge is 0.245 e. The van der Waals surface area contributed by atoms with Crippen LogP contribution in [0.15, 0.2) is 45.2 Å². The molecule has 1 amide bonds. The highest BCUT2D eigenvalue weighted by Gasteiger charge is 2.01. The van der Waals surface area contributed by atoms with E-state index in [0.717, 1.165) is 4.88 Å². The lowest BCUT2D eigenvalue weighted by Gasteiger charge is -1.95. The van der Waals surface area contributed by atoms with E-state index in [1.807, 2.05) is 23.0 Å². The first kappa shape index (κ1) is 14.0. The highest BCUT2D eigenvalue weighted by molar-refractivity contribution is 7.10. The number of thiophene rings is 1. The second-order valence-corrected chi connectivity index (χ2v) is 4.77. The number of carbonyl (C=O) groups is 1. The lowest BCUT2D eigenvalue weighted by atomic mass is 10.3. The summed E-state index contributed by atoms with van der Waals surface area (Å²) in [4.78, 5) is 12.5. The summed E-state index contributed by atoms with van der Waals surface area (Å²) in [5, 5.41) is 14.3. The predicted octanol–water partition coefficient (Wildman–Crippen LogP) is 2.50. The van der Waals surface area contributed by atoms with Crippen molar-refractivity contribution in [2.45, 2.75) is 6.42 Å². The number of allylic oxidation sites excluding steroid dienone is 1. The molecule has 6 nitrogen and oxygen atoms in total. The van der Waals surface area contributed by atoms with Crippen LogP contribution >= 0.6 is 11.3 Å². The second-order valence-electron chi connectivity index (χ2n) is 3.74. The van der Waals surface area contributed by atoms with Gasteiger partial charge < -0.3 is 4.42 Å². The van der Waals surface area contributed by atoms with Crippen molar-refractivity contribution in [3.05, 3.63) is 46.4 Å². The first-order valence-electron chi connectivity index (χ1n) is 5.79. The number of anilines is 1. The highest BCUT2D eigenvalue weighted by atomic mass is 32.1. The molecular weight excluding hydrogens is 278 g/mol. The van der Waals surface area contributed by atoms with Crippen LogP contribution in [-0.2, 0) is 11.2 Å². The molecule has 0 aliphatic carbocycles. The number of nitrogens with zero attached hydrogens (tertiary/aromatic N) is 1. The van der Waals surface area contributed by atoms with Gasteiger partial charge in [-0.15, -0.1) is 11.3 Å². The lowest BCUT2D eigenvalue weighted by molar-refractivity contribution is -0.120. The van der Waals surface area contributed by atoms with E-state index >= 15 is 0 Å². The lowest BCUT2D eigenvalue weighted by Crippen LogP contribution is -2.18. The summed E-state index contributed by atoms with van der Waals surface area (Å²) in [5.41, 5.74) is 4.32. The van der Waals surface area contributed by atoms with Crippen molar-refractivity contribution in [3.8, 4) is 0 Å². The quantitative estimate of drug-likeness (QED) is 0.563. The van der Waals surface area contributed by atoms with Crippen LogP contribution < -0.4 is 10.9 Å². The van der Waals surface area contributed by atoms with Gasteiger partial charge in [0.15, 0.2) is 0 Å². The maximum Gasteiger partial charge on any atom is 0.245 e. The molecule has 0 aromatic carbocycles. The van der Waals surface area contributed by atoms with E-state index in [-0.39, 0.29) is 11.8 Å². The average molecular weight is 291 g/mol. The Kier molecular flexibility index (Phi) is 5.10. The Labute approximate surface area is 119 Å². The number of amides is 1. The summed E-state index contributed by atoms with van der Waals surface area (Å²) in [7, 11) is 0. The van der Waals surface area contributed by atoms with Gasteiger partial charge in [0, 0.05) is 17.2 Å². The molecule has 20 heavy (non-hydrogen) atoms. The van der Waals surface area contributed by atoms with Crippen LogP contribution in [0.5, 0.6) is 0 Å². The van der Waals surface area contributed by atoms with Crippen molar-refractivity contribution >= 4 is 35.4 Å². The molecule has 2 heterocycles. The Morgan fingerprint density at radius 2 is 2.35 bits per heavy atom. The van der Waals surface area contributed by atoms with Gasteiger partial charge in [0.2, 0.25) is 11.8 Å². The van der Waals surface area contributed by atoms with Crippen LogP contribution in [0.25, 0.3) is 6.08 Å². The van der Waals surface area contributed by atoms with Gasteiger partial charge in [0.1, 0.15) is 5.76 Å². The van der Waals surface area contributed by atoms with Crippen molar-refractivity contribution < 1.29 is 14.4 Å². The molecule has 2 aromatic heterocycles. The monoisotopic (exact) mass is 291 g/mol. The molecule has 2 aromatic rings. The second kappa shape index (κ2) is 7.27. The minimum absolute atomic E-state index is 0.165. The maximum absolute atomic E-state index is 11.5. The zero-order valence-corrected chi connectivity index (χ0v) is 11.3. The van der Waals surface area contributed by atoms with Gasteiger partial charge in [-0.2, -0.15) is 5.10 Å². The fourth-order valence-corrected chi connectivity index (χ4v) is 2.11. The van der Waals surface area contributed by atoms with Crippen molar-refractivity contribution in [1.29, 1.82) is 0 Å². The Morgan fingerprint density at radius 3 is 3.05 bits per heavy atom. The standard InChI is InChI=1S/C13H13N3O3S/c17-12(9-11-4-2-8-20-11)15-14-7-1-3-10-5-6-13(16-18)19-10/h1-8,16,18H,9H2,(H,15,17)/b3-1+,14-7+. The van der Waals surface area contributed by atoms with Crippen LogP contribution in [0.4, 0.5) is 5.88 Å². The third kappa shape index (κ3) is 4.38. The number of furan rings is 1. The topological polar surface area (TPSA) is 86.9 Å². The van der Waals surface area contributed by atoms with E-state index in [0.29, 0.717) is 12.2 Å². The fraction of sp³-hybridized carbons (Fsp3) is 0.0769. The number of hydrazone groups is 1. The molecule has 7 heteroatoms. The molecule has 0 radical (unpaired) electrons. The summed E-state index contributed by atoms with van der Waals surface area (Å²) in [6.45, 7) is 0. The Balaban J connectivity index is 1.74. The largest absolute Gasteiger partial charge is 0.439 e.